The summed E-state index contributed by atoms with van der Waals surface area (Å²) in [7, 11) is 0. The summed E-state index contributed by atoms with van der Waals surface area (Å²) in [5.41, 5.74) is 4.94. The first-order valence-electron chi connectivity index (χ1n) is 9.77. The maximum atomic E-state index is 13.7. The van der Waals surface area contributed by atoms with Gasteiger partial charge in [-0.1, -0.05) is 35.9 Å². The number of fused-ring (bicyclic) bond motifs is 1. The van der Waals surface area contributed by atoms with Crippen molar-refractivity contribution in [2.24, 2.45) is 0 Å². The average molecular weight is 422 g/mol. The zero-order valence-electron chi connectivity index (χ0n) is 16.8. The molecule has 0 aliphatic heterocycles. The Bertz CT molecular complexity index is 1230. The molecule has 0 aliphatic carbocycles. The van der Waals surface area contributed by atoms with Crippen LogP contribution in [0.3, 0.4) is 0 Å². The molecule has 152 valence electrons. The highest BCUT2D eigenvalue weighted by Crippen LogP contribution is 2.29. The Morgan fingerprint density at radius 2 is 1.70 bits per heavy atom. The zero-order chi connectivity index (χ0) is 21.3. The van der Waals surface area contributed by atoms with Gasteiger partial charge in [0.05, 0.1) is 6.61 Å². The SMILES string of the molecule is CCOC(=O)c1cc2cc(-c3ccc(F)c(C)c3)ccc2n1Cc1ccc(Cl)cc1. The van der Waals surface area contributed by atoms with Gasteiger partial charge in [-0.15, -0.1) is 0 Å². The molecule has 0 unspecified atom stereocenters. The second-order valence-electron chi connectivity index (χ2n) is 7.20. The topological polar surface area (TPSA) is 31.2 Å². The lowest BCUT2D eigenvalue weighted by atomic mass is 10.0. The number of carbonyl (C=O) groups is 1. The van der Waals surface area contributed by atoms with Crippen molar-refractivity contribution < 1.29 is 13.9 Å². The number of hydrogen-bond acceptors (Lipinski definition) is 2. The van der Waals surface area contributed by atoms with Crippen molar-refractivity contribution in [1.29, 1.82) is 0 Å². The second kappa shape index (κ2) is 8.33. The van der Waals surface area contributed by atoms with E-state index in [9.17, 15) is 9.18 Å². The van der Waals surface area contributed by atoms with Gasteiger partial charge < -0.3 is 9.30 Å². The van der Waals surface area contributed by atoms with E-state index < -0.39 is 0 Å². The number of carbonyl (C=O) groups excluding carboxylic acids is 1. The van der Waals surface area contributed by atoms with Crippen LogP contribution in [0.5, 0.6) is 0 Å². The van der Waals surface area contributed by atoms with Gasteiger partial charge in [0.15, 0.2) is 0 Å². The molecular weight excluding hydrogens is 401 g/mol. The molecule has 0 radical (unpaired) electrons. The smallest absolute Gasteiger partial charge is 0.354 e. The average Bonchev–Trinajstić information content (AvgIpc) is 3.09. The summed E-state index contributed by atoms with van der Waals surface area (Å²) in [5.74, 6) is -0.583. The molecule has 1 aromatic heterocycles. The van der Waals surface area contributed by atoms with Crippen molar-refractivity contribution in [2.75, 3.05) is 6.61 Å². The van der Waals surface area contributed by atoms with Crippen LogP contribution in [0.4, 0.5) is 4.39 Å². The van der Waals surface area contributed by atoms with Gasteiger partial charge in [0.1, 0.15) is 11.5 Å². The Hall–Kier alpha value is -3.11. The summed E-state index contributed by atoms with van der Waals surface area (Å²) < 4.78 is 20.9. The third kappa shape index (κ3) is 3.96. The van der Waals surface area contributed by atoms with Crippen LogP contribution in [-0.2, 0) is 11.3 Å². The molecule has 0 saturated carbocycles. The Kier molecular flexibility index (Phi) is 5.60. The minimum atomic E-state index is -0.359. The lowest BCUT2D eigenvalue weighted by Gasteiger charge is -2.11. The number of ether oxygens (including phenoxy) is 1. The first-order valence-corrected chi connectivity index (χ1v) is 10.2. The Morgan fingerprint density at radius 1 is 1.00 bits per heavy atom. The molecule has 0 fully saturated rings. The summed E-state index contributed by atoms with van der Waals surface area (Å²) >= 11 is 6.00. The maximum absolute atomic E-state index is 13.7. The molecule has 3 nitrogen and oxygen atoms in total. The van der Waals surface area contributed by atoms with E-state index >= 15 is 0 Å². The number of esters is 1. The molecule has 3 aromatic carbocycles. The number of hydrogen-bond donors (Lipinski definition) is 0. The fourth-order valence-corrected chi connectivity index (χ4v) is 3.72. The first kappa shape index (κ1) is 20.2. The van der Waals surface area contributed by atoms with Gasteiger partial charge in [-0.2, -0.15) is 0 Å². The van der Waals surface area contributed by atoms with Crippen LogP contribution in [0.1, 0.15) is 28.5 Å². The highest BCUT2D eigenvalue weighted by atomic mass is 35.5. The molecular formula is C25H21ClFNO2. The fourth-order valence-electron chi connectivity index (χ4n) is 3.59. The third-order valence-electron chi connectivity index (χ3n) is 5.13. The Labute approximate surface area is 179 Å². The Morgan fingerprint density at radius 3 is 2.40 bits per heavy atom. The van der Waals surface area contributed by atoms with E-state index in [2.05, 4.69) is 0 Å². The minimum absolute atomic E-state index is 0.224. The monoisotopic (exact) mass is 421 g/mol. The summed E-state index contributed by atoms with van der Waals surface area (Å²) in [6, 6.07) is 20.5. The van der Waals surface area contributed by atoms with Crippen molar-refractivity contribution >= 4 is 28.5 Å². The summed E-state index contributed by atoms with van der Waals surface area (Å²) in [6.45, 7) is 4.36. The van der Waals surface area contributed by atoms with Crippen molar-refractivity contribution in [1.82, 2.24) is 4.57 Å². The molecule has 0 saturated heterocycles. The van der Waals surface area contributed by atoms with Crippen LogP contribution < -0.4 is 0 Å². The van der Waals surface area contributed by atoms with Crippen LogP contribution in [0.25, 0.3) is 22.0 Å². The largest absolute Gasteiger partial charge is 0.461 e. The third-order valence-corrected chi connectivity index (χ3v) is 5.38. The molecule has 30 heavy (non-hydrogen) atoms. The van der Waals surface area contributed by atoms with E-state index in [1.54, 1.807) is 19.9 Å². The predicted molar refractivity (Wildman–Crippen MR) is 119 cm³/mol. The van der Waals surface area contributed by atoms with Crippen LogP contribution in [0, 0.1) is 12.7 Å². The first-order chi connectivity index (χ1) is 14.5. The van der Waals surface area contributed by atoms with E-state index in [1.807, 2.05) is 59.2 Å². The van der Waals surface area contributed by atoms with Gasteiger partial charge in [0.2, 0.25) is 0 Å². The van der Waals surface area contributed by atoms with Gasteiger partial charge in [-0.3, -0.25) is 0 Å². The summed E-state index contributed by atoms with van der Waals surface area (Å²) in [5, 5.41) is 1.59. The maximum Gasteiger partial charge on any atom is 0.354 e. The molecule has 0 spiro atoms. The van der Waals surface area contributed by atoms with Gasteiger partial charge in [-0.25, -0.2) is 9.18 Å². The quantitative estimate of drug-likeness (QED) is 0.338. The lowest BCUT2D eigenvalue weighted by Crippen LogP contribution is -2.12. The molecule has 0 amide bonds. The van der Waals surface area contributed by atoms with Crippen molar-refractivity contribution in [3.05, 3.63) is 94.4 Å². The molecule has 0 atom stereocenters. The molecule has 1 heterocycles. The highest BCUT2D eigenvalue weighted by molar-refractivity contribution is 6.30. The number of halogens is 2. The Balaban J connectivity index is 1.81. The normalized spacial score (nSPS) is 11.1. The van der Waals surface area contributed by atoms with Gasteiger partial charge in [-0.05, 0) is 78.6 Å². The standard InChI is InChI=1S/C25H21ClFNO2/c1-3-30-25(29)24-14-20-13-19(18-6-10-22(27)16(2)12-18)7-11-23(20)28(24)15-17-4-8-21(26)9-5-17/h4-14H,3,15H2,1-2H3. The van der Waals surface area contributed by atoms with Crippen molar-refractivity contribution in [3.8, 4) is 11.1 Å². The van der Waals surface area contributed by atoms with Gasteiger partial charge in [0.25, 0.3) is 0 Å². The van der Waals surface area contributed by atoms with Gasteiger partial charge >= 0.3 is 5.97 Å². The van der Waals surface area contributed by atoms with E-state index in [1.165, 1.54) is 6.07 Å². The fraction of sp³-hybridized carbons (Fsp3) is 0.160. The number of rotatable bonds is 5. The lowest BCUT2D eigenvalue weighted by molar-refractivity contribution is 0.0515. The number of benzene rings is 3. The number of aryl methyl sites for hydroxylation is 1. The van der Waals surface area contributed by atoms with Crippen LogP contribution >= 0.6 is 11.6 Å². The number of aromatic nitrogens is 1. The predicted octanol–water partition coefficient (Wildman–Crippen LogP) is 6.63. The second-order valence-corrected chi connectivity index (χ2v) is 7.64. The molecule has 4 rings (SSSR count). The highest BCUT2D eigenvalue weighted by Gasteiger charge is 2.17. The van der Waals surface area contributed by atoms with Crippen LogP contribution in [0.2, 0.25) is 5.02 Å². The summed E-state index contributed by atoms with van der Waals surface area (Å²) in [6.07, 6.45) is 0. The minimum Gasteiger partial charge on any atom is -0.461 e. The van der Waals surface area contributed by atoms with E-state index in [0.29, 0.717) is 29.4 Å². The van der Waals surface area contributed by atoms with Gasteiger partial charge in [0, 0.05) is 22.5 Å². The van der Waals surface area contributed by atoms with E-state index in [-0.39, 0.29) is 11.8 Å². The zero-order valence-corrected chi connectivity index (χ0v) is 17.5. The van der Waals surface area contributed by atoms with E-state index in [0.717, 1.165) is 27.6 Å². The molecule has 4 aromatic rings. The summed E-state index contributed by atoms with van der Waals surface area (Å²) in [4.78, 5) is 12.6. The molecule has 5 heteroatoms. The van der Waals surface area contributed by atoms with E-state index in [4.69, 9.17) is 16.3 Å². The number of nitrogens with zero attached hydrogens (tertiary/aromatic N) is 1. The van der Waals surface area contributed by atoms with Crippen molar-refractivity contribution in [3.63, 3.8) is 0 Å². The molecule has 0 N–H and O–H groups in total. The van der Waals surface area contributed by atoms with Crippen molar-refractivity contribution in [2.45, 2.75) is 20.4 Å². The van der Waals surface area contributed by atoms with Crippen LogP contribution in [-0.4, -0.2) is 17.1 Å². The molecule has 0 aliphatic rings. The molecule has 0 bridgehead atoms. The van der Waals surface area contributed by atoms with Crippen LogP contribution in [0.15, 0.2) is 66.7 Å².